The number of aromatic nitrogens is 2. The molecule has 0 bridgehead atoms. The third-order valence-electron chi connectivity index (χ3n) is 1.55. The Morgan fingerprint density at radius 1 is 1.25 bits per heavy atom. The van der Waals surface area contributed by atoms with Gasteiger partial charge in [-0.3, -0.25) is 4.79 Å². The van der Waals surface area contributed by atoms with Crippen molar-refractivity contribution in [1.29, 1.82) is 0 Å². The van der Waals surface area contributed by atoms with Crippen molar-refractivity contribution in [2.24, 2.45) is 0 Å². The Morgan fingerprint density at radius 2 is 2.00 bits per heavy atom. The third kappa shape index (κ3) is 1.34. The molecule has 3 nitrogen and oxygen atoms in total. The van der Waals surface area contributed by atoms with Gasteiger partial charge in [-0.2, -0.15) is 0 Å². The topological polar surface area (TPSA) is 45.8 Å². The number of aromatic amines is 1. The van der Waals surface area contributed by atoms with E-state index in [0.29, 0.717) is 5.65 Å². The van der Waals surface area contributed by atoms with Crippen molar-refractivity contribution in [3.8, 4) is 0 Å². The van der Waals surface area contributed by atoms with E-state index in [0.717, 1.165) is 9.09 Å². The summed E-state index contributed by atoms with van der Waals surface area (Å²) in [7, 11) is 0. The number of hydrogen-bond donors (Lipinski definition) is 1. The normalized spacial score (nSPS) is 10.4. The van der Waals surface area contributed by atoms with Crippen molar-refractivity contribution >= 4 is 33.6 Å². The standard InChI is InChI=1S/C8H5IN2O/c9-6-3-1-5-2-4-7(12)11-8(5)10-6/h1-4H,(H,10,11,12). The zero-order chi connectivity index (χ0) is 8.55. The van der Waals surface area contributed by atoms with Crippen molar-refractivity contribution < 1.29 is 0 Å². The number of halogens is 1. The average molecular weight is 272 g/mol. The van der Waals surface area contributed by atoms with E-state index in [2.05, 4.69) is 32.6 Å². The zero-order valence-corrected chi connectivity index (χ0v) is 8.20. The lowest BCUT2D eigenvalue weighted by Gasteiger charge is -1.95. The highest BCUT2D eigenvalue weighted by Gasteiger charge is 1.95. The van der Waals surface area contributed by atoms with Crippen LogP contribution in [0.15, 0.2) is 29.1 Å². The van der Waals surface area contributed by atoms with Gasteiger partial charge in [0.1, 0.15) is 9.35 Å². The quantitative estimate of drug-likeness (QED) is 0.584. The predicted molar refractivity (Wildman–Crippen MR) is 55.1 cm³/mol. The Morgan fingerprint density at radius 3 is 2.83 bits per heavy atom. The number of H-pyrrole nitrogens is 1. The van der Waals surface area contributed by atoms with Gasteiger partial charge in [-0.1, -0.05) is 0 Å². The summed E-state index contributed by atoms with van der Waals surface area (Å²) in [6, 6.07) is 7.09. The molecule has 0 fully saturated rings. The van der Waals surface area contributed by atoms with Gasteiger partial charge in [-0.15, -0.1) is 0 Å². The number of rotatable bonds is 0. The molecule has 0 aliphatic rings. The van der Waals surface area contributed by atoms with Crippen molar-refractivity contribution in [3.63, 3.8) is 0 Å². The highest BCUT2D eigenvalue weighted by atomic mass is 127. The minimum Gasteiger partial charge on any atom is -0.307 e. The summed E-state index contributed by atoms with van der Waals surface area (Å²) in [4.78, 5) is 17.7. The van der Waals surface area contributed by atoms with Gasteiger partial charge in [0.2, 0.25) is 5.56 Å². The van der Waals surface area contributed by atoms with E-state index >= 15 is 0 Å². The van der Waals surface area contributed by atoms with Crippen molar-refractivity contribution in [2.45, 2.75) is 0 Å². The summed E-state index contributed by atoms with van der Waals surface area (Å²) in [5.74, 6) is 0. The summed E-state index contributed by atoms with van der Waals surface area (Å²) >= 11 is 2.11. The number of fused-ring (bicyclic) bond motifs is 1. The molecule has 2 heterocycles. The monoisotopic (exact) mass is 272 g/mol. The molecule has 0 aromatic carbocycles. The molecule has 0 radical (unpaired) electrons. The van der Waals surface area contributed by atoms with Gasteiger partial charge in [-0.05, 0) is 40.8 Å². The minimum atomic E-state index is -0.114. The fraction of sp³-hybridized carbons (Fsp3) is 0. The van der Waals surface area contributed by atoms with E-state index in [1.165, 1.54) is 6.07 Å². The minimum absolute atomic E-state index is 0.114. The molecule has 0 saturated heterocycles. The molecule has 0 aliphatic carbocycles. The Kier molecular flexibility index (Phi) is 1.84. The molecule has 60 valence electrons. The maximum Gasteiger partial charge on any atom is 0.249 e. The summed E-state index contributed by atoms with van der Waals surface area (Å²) in [5, 5.41) is 0.954. The van der Waals surface area contributed by atoms with Crippen molar-refractivity contribution in [2.75, 3.05) is 0 Å². The lowest BCUT2D eigenvalue weighted by molar-refractivity contribution is 1.21. The Hall–Kier alpha value is -0.910. The first-order valence-electron chi connectivity index (χ1n) is 3.41. The van der Waals surface area contributed by atoms with Gasteiger partial charge in [0.15, 0.2) is 0 Å². The van der Waals surface area contributed by atoms with Gasteiger partial charge in [-0.25, -0.2) is 4.98 Å². The molecule has 2 rings (SSSR count). The molecule has 12 heavy (non-hydrogen) atoms. The van der Waals surface area contributed by atoms with Crippen LogP contribution in [0.5, 0.6) is 0 Å². The van der Waals surface area contributed by atoms with E-state index < -0.39 is 0 Å². The van der Waals surface area contributed by atoms with E-state index in [9.17, 15) is 4.79 Å². The lowest BCUT2D eigenvalue weighted by atomic mass is 10.3. The van der Waals surface area contributed by atoms with E-state index in [1.807, 2.05) is 12.1 Å². The van der Waals surface area contributed by atoms with Crippen molar-refractivity contribution in [3.05, 3.63) is 38.3 Å². The second-order valence-corrected chi connectivity index (χ2v) is 3.50. The largest absolute Gasteiger partial charge is 0.307 e. The molecule has 0 amide bonds. The molecule has 0 atom stereocenters. The van der Waals surface area contributed by atoms with Crippen LogP contribution in [0.1, 0.15) is 0 Å². The Balaban J connectivity index is 2.89. The average Bonchev–Trinajstić information content (AvgIpc) is 2.03. The van der Waals surface area contributed by atoms with Crippen LogP contribution in [-0.4, -0.2) is 9.97 Å². The van der Waals surface area contributed by atoms with Gasteiger partial charge >= 0.3 is 0 Å². The second-order valence-electron chi connectivity index (χ2n) is 2.39. The highest BCUT2D eigenvalue weighted by Crippen LogP contribution is 2.08. The first-order valence-corrected chi connectivity index (χ1v) is 4.49. The first-order chi connectivity index (χ1) is 5.75. The molecular formula is C8H5IN2O. The number of pyridine rings is 2. The summed E-state index contributed by atoms with van der Waals surface area (Å²) < 4.78 is 0.877. The fourth-order valence-electron chi connectivity index (χ4n) is 1.00. The molecule has 0 unspecified atom stereocenters. The molecule has 0 saturated carbocycles. The SMILES string of the molecule is O=c1ccc2ccc(I)nc2[nH]1. The van der Waals surface area contributed by atoms with Crippen LogP contribution < -0.4 is 5.56 Å². The molecular weight excluding hydrogens is 267 g/mol. The molecule has 2 aromatic heterocycles. The Labute approximate surface area is 82.0 Å². The van der Waals surface area contributed by atoms with Crippen LogP contribution in [0.3, 0.4) is 0 Å². The number of nitrogens with zero attached hydrogens (tertiary/aromatic N) is 1. The molecule has 0 aliphatic heterocycles. The highest BCUT2D eigenvalue weighted by molar-refractivity contribution is 14.1. The van der Waals surface area contributed by atoms with Gasteiger partial charge in [0.05, 0.1) is 0 Å². The Bertz CT molecular complexity index is 478. The van der Waals surface area contributed by atoms with Crippen LogP contribution in [0.4, 0.5) is 0 Å². The van der Waals surface area contributed by atoms with Crippen LogP contribution in [0, 0.1) is 3.70 Å². The van der Waals surface area contributed by atoms with Crippen LogP contribution in [0.2, 0.25) is 0 Å². The number of hydrogen-bond acceptors (Lipinski definition) is 2. The summed E-state index contributed by atoms with van der Waals surface area (Å²) in [6.07, 6.45) is 0. The zero-order valence-electron chi connectivity index (χ0n) is 6.04. The maximum absolute atomic E-state index is 10.9. The smallest absolute Gasteiger partial charge is 0.249 e. The fourth-order valence-corrected chi connectivity index (χ4v) is 1.43. The van der Waals surface area contributed by atoms with E-state index in [-0.39, 0.29) is 5.56 Å². The van der Waals surface area contributed by atoms with E-state index in [4.69, 9.17) is 0 Å². The van der Waals surface area contributed by atoms with E-state index in [1.54, 1.807) is 6.07 Å². The second kappa shape index (κ2) is 2.85. The summed E-state index contributed by atoms with van der Waals surface area (Å²) in [6.45, 7) is 0. The first kappa shape index (κ1) is 7.72. The van der Waals surface area contributed by atoms with Gasteiger partial charge < -0.3 is 4.98 Å². The van der Waals surface area contributed by atoms with Crippen LogP contribution in [0.25, 0.3) is 11.0 Å². The van der Waals surface area contributed by atoms with Gasteiger partial charge in [0, 0.05) is 11.5 Å². The van der Waals surface area contributed by atoms with Crippen LogP contribution >= 0.6 is 22.6 Å². The summed E-state index contributed by atoms with van der Waals surface area (Å²) in [5.41, 5.74) is 0.534. The lowest BCUT2D eigenvalue weighted by Crippen LogP contribution is -2.03. The predicted octanol–water partition coefficient (Wildman–Crippen LogP) is 1.53. The number of nitrogens with one attached hydrogen (secondary N) is 1. The molecule has 2 aromatic rings. The molecule has 0 spiro atoms. The molecule has 1 N–H and O–H groups in total. The van der Waals surface area contributed by atoms with Crippen LogP contribution in [-0.2, 0) is 0 Å². The van der Waals surface area contributed by atoms with Gasteiger partial charge in [0.25, 0.3) is 0 Å². The third-order valence-corrected chi connectivity index (χ3v) is 2.15. The molecule has 4 heteroatoms. The van der Waals surface area contributed by atoms with Crippen molar-refractivity contribution in [1.82, 2.24) is 9.97 Å². The maximum atomic E-state index is 10.9.